The molecule has 0 bridgehead atoms. The lowest BCUT2D eigenvalue weighted by Crippen LogP contribution is -2.08. The summed E-state index contributed by atoms with van der Waals surface area (Å²) in [5.74, 6) is -0.664. The highest BCUT2D eigenvalue weighted by molar-refractivity contribution is 6.01. The SMILES string of the molecule is Cc1ccc(NC(=O)/C=C/c2cnn(Cc3ccccc3)c2)cc1F. The minimum atomic E-state index is -0.344. The Morgan fingerprint density at radius 1 is 1.24 bits per heavy atom. The second-order valence-electron chi connectivity index (χ2n) is 5.74. The van der Waals surface area contributed by atoms with Gasteiger partial charge in [0, 0.05) is 23.5 Å². The number of anilines is 1. The first-order valence-electron chi connectivity index (χ1n) is 7.92. The smallest absolute Gasteiger partial charge is 0.248 e. The van der Waals surface area contributed by atoms with E-state index in [1.54, 1.807) is 31.3 Å². The summed E-state index contributed by atoms with van der Waals surface area (Å²) < 4.78 is 15.3. The fourth-order valence-corrected chi connectivity index (χ4v) is 2.35. The summed E-state index contributed by atoms with van der Waals surface area (Å²) in [4.78, 5) is 11.9. The van der Waals surface area contributed by atoms with Crippen LogP contribution in [-0.4, -0.2) is 15.7 Å². The normalized spacial score (nSPS) is 11.0. The molecule has 1 aromatic heterocycles. The molecule has 0 atom stereocenters. The zero-order valence-corrected chi connectivity index (χ0v) is 13.8. The Morgan fingerprint density at radius 3 is 2.80 bits per heavy atom. The number of amides is 1. The largest absolute Gasteiger partial charge is 0.322 e. The molecule has 25 heavy (non-hydrogen) atoms. The Hall–Kier alpha value is -3.21. The number of aromatic nitrogens is 2. The number of carbonyl (C=O) groups excluding carboxylic acids is 1. The van der Waals surface area contributed by atoms with Crippen LogP contribution in [0.15, 0.2) is 67.0 Å². The zero-order chi connectivity index (χ0) is 17.6. The van der Waals surface area contributed by atoms with Gasteiger partial charge in [-0.3, -0.25) is 9.48 Å². The third kappa shape index (κ3) is 4.64. The Bertz CT molecular complexity index is 900. The van der Waals surface area contributed by atoms with Crippen molar-refractivity contribution in [2.45, 2.75) is 13.5 Å². The van der Waals surface area contributed by atoms with E-state index in [2.05, 4.69) is 10.4 Å². The van der Waals surface area contributed by atoms with E-state index >= 15 is 0 Å². The van der Waals surface area contributed by atoms with Crippen LogP contribution < -0.4 is 5.32 Å². The molecule has 5 heteroatoms. The van der Waals surface area contributed by atoms with Gasteiger partial charge in [-0.15, -0.1) is 0 Å². The molecule has 0 aliphatic rings. The van der Waals surface area contributed by atoms with E-state index in [-0.39, 0.29) is 11.7 Å². The molecular weight excluding hydrogens is 317 g/mol. The number of rotatable bonds is 5. The molecule has 3 rings (SSSR count). The molecule has 0 saturated heterocycles. The fraction of sp³-hybridized carbons (Fsp3) is 0.100. The van der Waals surface area contributed by atoms with Gasteiger partial charge >= 0.3 is 0 Å². The van der Waals surface area contributed by atoms with Crippen LogP contribution in [0.4, 0.5) is 10.1 Å². The third-order valence-corrected chi connectivity index (χ3v) is 3.71. The topological polar surface area (TPSA) is 46.9 Å². The van der Waals surface area contributed by atoms with Crippen molar-refractivity contribution in [1.29, 1.82) is 0 Å². The number of aryl methyl sites for hydroxylation is 1. The van der Waals surface area contributed by atoms with Crippen molar-refractivity contribution in [3.63, 3.8) is 0 Å². The molecule has 1 heterocycles. The van der Waals surface area contributed by atoms with Gasteiger partial charge in [-0.05, 0) is 36.3 Å². The van der Waals surface area contributed by atoms with Gasteiger partial charge in [-0.1, -0.05) is 36.4 Å². The lowest BCUT2D eigenvalue weighted by atomic mass is 10.2. The molecular formula is C20H18FN3O. The van der Waals surface area contributed by atoms with Crippen LogP contribution in [-0.2, 0) is 11.3 Å². The molecule has 0 saturated carbocycles. The van der Waals surface area contributed by atoms with Crippen molar-refractivity contribution in [2.75, 3.05) is 5.32 Å². The van der Waals surface area contributed by atoms with E-state index in [0.717, 1.165) is 11.1 Å². The summed E-state index contributed by atoms with van der Waals surface area (Å²) in [7, 11) is 0. The summed E-state index contributed by atoms with van der Waals surface area (Å²) in [5.41, 5.74) is 2.94. The van der Waals surface area contributed by atoms with Crippen LogP contribution in [0.5, 0.6) is 0 Å². The summed E-state index contributed by atoms with van der Waals surface area (Å²) in [6.45, 7) is 2.34. The molecule has 4 nitrogen and oxygen atoms in total. The van der Waals surface area contributed by atoms with Crippen molar-refractivity contribution >= 4 is 17.7 Å². The summed E-state index contributed by atoms with van der Waals surface area (Å²) in [5, 5.41) is 6.91. The van der Waals surface area contributed by atoms with Crippen molar-refractivity contribution in [1.82, 2.24) is 9.78 Å². The average molecular weight is 335 g/mol. The molecule has 1 N–H and O–H groups in total. The van der Waals surface area contributed by atoms with E-state index in [4.69, 9.17) is 0 Å². The van der Waals surface area contributed by atoms with Crippen LogP contribution in [0.2, 0.25) is 0 Å². The van der Waals surface area contributed by atoms with Gasteiger partial charge in [0.15, 0.2) is 0 Å². The maximum Gasteiger partial charge on any atom is 0.248 e. The molecule has 3 aromatic rings. The highest BCUT2D eigenvalue weighted by atomic mass is 19.1. The van der Waals surface area contributed by atoms with E-state index in [1.165, 1.54) is 12.1 Å². The van der Waals surface area contributed by atoms with Crippen LogP contribution in [0.25, 0.3) is 6.08 Å². The molecule has 0 fully saturated rings. The zero-order valence-electron chi connectivity index (χ0n) is 13.8. The first-order chi connectivity index (χ1) is 12.1. The molecule has 0 unspecified atom stereocenters. The third-order valence-electron chi connectivity index (χ3n) is 3.71. The number of hydrogen-bond donors (Lipinski definition) is 1. The number of benzene rings is 2. The molecule has 0 aliphatic heterocycles. The summed E-state index contributed by atoms with van der Waals surface area (Å²) in [6.07, 6.45) is 6.64. The van der Waals surface area contributed by atoms with E-state index < -0.39 is 0 Å². The van der Waals surface area contributed by atoms with Gasteiger partial charge in [0.1, 0.15) is 5.82 Å². The second-order valence-corrected chi connectivity index (χ2v) is 5.74. The quantitative estimate of drug-likeness (QED) is 0.716. The Morgan fingerprint density at radius 2 is 2.04 bits per heavy atom. The van der Waals surface area contributed by atoms with Crippen LogP contribution in [0.1, 0.15) is 16.7 Å². The first-order valence-corrected chi connectivity index (χ1v) is 7.92. The van der Waals surface area contributed by atoms with Gasteiger partial charge in [0.2, 0.25) is 5.91 Å². The van der Waals surface area contributed by atoms with E-state index in [9.17, 15) is 9.18 Å². The van der Waals surface area contributed by atoms with Gasteiger partial charge < -0.3 is 5.32 Å². The standard InChI is InChI=1S/C20H18FN3O/c1-15-7-9-18(11-19(15)21)23-20(25)10-8-17-12-22-24(14-17)13-16-5-3-2-4-6-16/h2-12,14H,13H2,1H3,(H,23,25)/b10-8+. The summed E-state index contributed by atoms with van der Waals surface area (Å²) >= 11 is 0. The number of nitrogens with one attached hydrogen (secondary N) is 1. The van der Waals surface area contributed by atoms with Gasteiger partial charge in [-0.25, -0.2) is 4.39 Å². The van der Waals surface area contributed by atoms with Crippen molar-refractivity contribution in [2.24, 2.45) is 0 Å². The maximum atomic E-state index is 13.5. The van der Waals surface area contributed by atoms with Crippen molar-refractivity contribution < 1.29 is 9.18 Å². The summed E-state index contributed by atoms with van der Waals surface area (Å²) in [6, 6.07) is 14.6. The molecule has 0 spiro atoms. The van der Waals surface area contributed by atoms with E-state index in [0.29, 0.717) is 17.8 Å². The van der Waals surface area contributed by atoms with Crippen molar-refractivity contribution in [3.05, 3.63) is 89.5 Å². The van der Waals surface area contributed by atoms with Crippen LogP contribution in [0, 0.1) is 12.7 Å². The van der Waals surface area contributed by atoms with Gasteiger partial charge in [-0.2, -0.15) is 5.10 Å². The Kier molecular flexibility index (Phi) is 5.04. The highest BCUT2D eigenvalue weighted by Crippen LogP contribution is 2.13. The highest BCUT2D eigenvalue weighted by Gasteiger charge is 2.02. The number of halogens is 1. The average Bonchev–Trinajstić information content (AvgIpc) is 3.05. The maximum absolute atomic E-state index is 13.5. The Labute approximate surface area is 145 Å². The monoisotopic (exact) mass is 335 g/mol. The minimum absolute atomic E-state index is 0.320. The molecule has 0 aliphatic carbocycles. The fourth-order valence-electron chi connectivity index (χ4n) is 2.35. The number of nitrogens with zero attached hydrogens (tertiary/aromatic N) is 2. The van der Waals surface area contributed by atoms with Crippen LogP contribution >= 0.6 is 0 Å². The molecule has 0 radical (unpaired) electrons. The van der Waals surface area contributed by atoms with Crippen molar-refractivity contribution in [3.8, 4) is 0 Å². The lowest BCUT2D eigenvalue weighted by Gasteiger charge is -2.03. The second kappa shape index (κ2) is 7.57. The van der Waals surface area contributed by atoms with Gasteiger partial charge in [0.05, 0.1) is 12.7 Å². The predicted octanol–water partition coefficient (Wildman–Crippen LogP) is 4.03. The predicted molar refractivity (Wildman–Crippen MR) is 96.6 cm³/mol. The Balaban J connectivity index is 1.60. The molecule has 126 valence electrons. The lowest BCUT2D eigenvalue weighted by molar-refractivity contribution is -0.111. The molecule has 1 amide bonds. The number of carbonyl (C=O) groups is 1. The first kappa shape index (κ1) is 16.6. The van der Waals surface area contributed by atoms with Gasteiger partial charge in [0.25, 0.3) is 0 Å². The van der Waals surface area contributed by atoms with E-state index in [1.807, 2.05) is 41.2 Å². The van der Waals surface area contributed by atoms with Crippen LogP contribution in [0.3, 0.4) is 0 Å². The molecule has 2 aromatic carbocycles. The number of hydrogen-bond acceptors (Lipinski definition) is 2. The minimum Gasteiger partial charge on any atom is -0.322 e.